The van der Waals surface area contributed by atoms with E-state index in [-0.39, 0.29) is 18.2 Å². The summed E-state index contributed by atoms with van der Waals surface area (Å²) in [7, 11) is 0.690. The number of aromatic nitrogens is 2. The summed E-state index contributed by atoms with van der Waals surface area (Å²) in [6.45, 7) is 2.33. The van der Waals surface area contributed by atoms with Gasteiger partial charge in [-0.05, 0) is 72.5 Å². The number of aryl methyl sites for hydroxylation is 1. The molecule has 1 heterocycles. The Hall–Kier alpha value is -3.46. The average Bonchev–Trinajstić information content (AvgIpc) is 3.16. The third kappa shape index (κ3) is 6.11. The zero-order valence-electron chi connectivity index (χ0n) is 20.2. The van der Waals surface area contributed by atoms with E-state index in [2.05, 4.69) is 34.5 Å². The first kappa shape index (κ1) is 25.2. The molecule has 0 aliphatic heterocycles. The van der Waals surface area contributed by atoms with E-state index >= 15 is 0 Å². The molecule has 0 saturated carbocycles. The number of carbonyl (C=O) groups is 2. The summed E-state index contributed by atoms with van der Waals surface area (Å²) in [5.41, 5.74) is 1.65. The fourth-order valence-corrected chi connectivity index (χ4v) is 4.37. The largest absolute Gasteiger partial charge is 0.497 e. The molecule has 2 amide bonds. The van der Waals surface area contributed by atoms with Gasteiger partial charge in [0.1, 0.15) is 11.8 Å². The van der Waals surface area contributed by atoms with E-state index in [1.54, 1.807) is 31.4 Å². The normalized spacial score (nSPS) is 12.6. The van der Waals surface area contributed by atoms with Crippen molar-refractivity contribution in [1.82, 2.24) is 15.1 Å². The number of ether oxygens (including phenoxy) is 1. The topological polar surface area (TPSA) is 105 Å². The van der Waals surface area contributed by atoms with Crippen molar-refractivity contribution in [3.8, 4) is 11.6 Å². The van der Waals surface area contributed by atoms with Gasteiger partial charge < -0.3 is 20.5 Å². The molecule has 0 radical (unpaired) electrons. The zero-order chi connectivity index (χ0) is 24.9. The Kier molecular flexibility index (Phi) is 7.88. The molecular formula is C25H32N4O4S. The molecule has 0 bridgehead atoms. The zero-order valence-corrected chi connectivity index (χ0v) is 21.0. The van der Waals surface area contributed by atoms with Gasteiger partial charge in [-0.3, -0.25) is 9.59 Å². The Balaban J connectivity index is 1.80. The maximum absolute atomic E-state index is 13.2. The number of amides is 2. The van der Waals surface area contributed by atoms with Gasteiger partial charge in [0, 0.05) is 17.8 Å². The minimum atomic E-state index is -0.935. The molecule has 34 heavy (non-hydrogen) atoms. The lowest BCUT2D eigenvalue weighted by molar-refractivity contribution is -0.126. The van der Waals surface area contributed by atoms with Crippen molar-refractivity contribution in [3.05, 3.63) is 65.9 Å². The van der Waals surface area contributed by atoms with E-state index in [1.165, 1.54) is 15.8 Å². The standard InChI is InChI=1S/C25H32N4O4S/c1-6-29-25(32)18(16-26-29)15-22(30)28-23(17-7-11-20(33-2)12-8-17)24(31)27-19-9-13-21(14-10-19)34(3,4)5/h7-14,16,23,32H,6,15H2,1-5H3,(H,27,31)(H,28,30). The molecule has 8 nitrogen and oxygen atoms in total. The van der Waals surface area contributed by atoms with Crippen LogP contribution in [0.15, 0.2) is 59.6 Å². The van der Waals surface area contributed by atoms with Crippen molar-refractivity contribution >= 4 is 27.5 Å². The van der Waals surface area contributed by atoms with Crippen LogP contribution in [-0.4, -0.2) is 52.6 Å². The minimum Gasteiger partial charge on any atom is -0.497 e. The third-order valence-electron chi connectivity index (χ3n) is 5.38. The van der Waals surface area contributed by atoms with Crippen molar-refractivity contribution in [3.63, 3.8) is 0 Å². The molecule has 9 heteroatoms. The predicted octanol–water partition coefficient (Wildman–Crippen LogP) is 3.71. The van der Waals surface area contributed by atoms with Gasteiger partial charge in [-0.1, -0.05) is 12.1 Å². The molecule has 182 valence electrons. The van der Waals surface area contributed by atoms with Gasteiger partial charge in [-0.2, -0.15) is 5.10 Å². The molecule has 3 N–H and O–H groups in total. The second-order valence-corrected chi connectivity index (χ2v) is 12.8. The van der Waals surface area contributed by atoms with Crippen LogP contribution in [-0.2, 0) is 22.6 Å². The molecule has 0 saturated heterocycles. The molecule has 1 aromatic heterocycles. The van der Waals surface area contributed by atoms with Crippen LogP contribution >= 0.6 is 10.0 Å². The Morgan fingerprint density at radius 2 is 1.74 bits per heavy atom. The minimum absolute atomic E-state index is 0.0517. The van der Waals surface area contributed by atoms with E-state index < -0.39 is 22.0 Å². The second-order valence-electron chi connectivity index (χ2n) is 8.61. The van der Waals surface area contributed by atoms with Crippen molar-refractivity contribution in [2.75, 3.05) is 31.2 Å². The highest BCUT2D eigenvalue weighted by atomic mass is 32.3. The maximum Gasteiger partial charge on any atom is 0.251 e. The van der Waals surface area contributed by atoms with Gasteiger partial charge in [-0.15, -0.1) is 0 Å². The molecule has 0 aliphatic rings. The Morgan fingerprint density at radius 3 is 2.26 bits per heavy atom. The number of hydrogen-bond acceptors (Lipinski definition) is 5. The smallest absolute Gasteiger partial charge is 0.251 e. The van der Waals surface area contributed by atoms with E-state index in [9.17, 15) is 14.7 Å². The van der Waals surface area contributed by atoms with Gasteiger partial charge in [-0.25, -0.2) is 14.7 Å². The summed E-state index contributed by atoms with van der Waals surface area (Å²) in [5.74, 6) is -0.188. The molecule has 1 unspecified atom stereocenters. The van der Waals surface area contributed by atoms with Crippen molar-refractivity contribution in [1.29, 1.82) is 0 Å². The van der Waals surface area contributed by atoms with E-state index in [0.717, 1.165) is 0 Å². The van der Waals surface area contributed by atoms with Crippen LogP contribution in [0.25, 0.3) is 0 Å². The van der Waals surface area contributed by atoms with Gasteiger partial charge in [0.05, 0.1) is 19.7 Å². The van der Waals surface area contributed by atoms with Crippen LogP contribution < -0.4 is 15.4 Å². The van der Waals surface area contributed by atoms with E-state index in [1.807, 2.05) is 31.2 Å². The summed E-state index contributed by atoms with van der Waals surface area (Å²) in [4.78, 5) is 27.3. The van der Waals surface area contributed by atoms with Crippen molar-refractivity contribution in [2.24, 2.45) is 0 Å². The first-order chi connectivity index (χ1) is 16.1. The first-order valence-corrected chi connectivity index (χ1v) is 13.7. The Bertz CT molecular complexity index is 1140. The first-order valence-electron chi connectivity index (χ1n) is 10.9. The molecule has 0 fully saturated rings. The Labute approximate surface area is 201 Å². The second kappa shape index (κ2) is 10.6. The van der Waals surface area contributed by atoms with Crippen LogP contribution in [0, 0.1) is 0 Å². The highest BCUT2D eigenvalue weighted by Gasteiger charge is 2.24. The number of nitrogens with zero attached hydrogens (tertiary/aromatic N) is 2. The Morgan fingerprint density at radius 1 is 1.09 bits per heavy atom. The summed E-state index contributed by atoms with van der Waals surface area (Å²) < 4.78 is 6.61. The van der Waals surface area contributed by atoms with E-state index in [0.29, 0.717) is 29.1 Å². The molecule has 2 aromatic carbocycles. The number of methoxy groups -OCH3 is 1. The van der Waals surface area contributed by atoms with Crippen LogP contribution in [0.3, 0.4) is 0 Å². The van der Waals surface area contributed by atoms with Gasteiger partial charge >= 0.3 is 0 Å². The summed E-state index contributed by atoms with van der Waals surface area (Å²) >= 11 is 0. The number of aromatic hydroxyl groups is 1. The van der Waals surface area contributed by atoms with Crippen LogP contribution in [0.5, 0.6) is 11.6 Å². The van der Waals surface area contributed by atoms with Gasteiger partial charge in [0.15, 0.2) is 0 Å². The number of rotatable bonds is 9. The van der Waals surface area contributed by atoms with Gasteiger partial charge in [0.2, 0.25) is 11.8 Å². The average molecular weight is 485 g/mol. The van der Waals surface area contributed by atoms with Crippen LogP contribution in [0.2, 0.25) is 0 Å². The fourth-order valence-electron chi connectivity index (χ4n) is 3.42. The molecular weight excluding hydrogens is 452 g/mol. The lowest BCUT2D eigenvalue weighted by Crippen LogP contribution is -2.37. The highest BCUT2D eigenvalue weighted by Crippen LogP contribution is 2.45. The summed E-state index contributed by atoms with van der Waals surface area (Å²) in [5, 5.41) is 19.9. The van der Waals surface area contributed by atoms with Crippen LogP contribution in [0.1, 0.15) is 24.1 Å². The van der Waals surface area contributed by atoms with E-state index in [4.69, 9.17) is 4.74 Å². The monoisotopic (exact) mass is 484 g/mol. The molecule has 0 spiro atoms. The predicted molar refractivity (Wildman–Crippen MR) is 136 cm³/mol. The lowest BCUT2D eigenvalue weighted by Gasteiger charge is -2.26. The van der Waals surface area contributed by atoms with Crippen molar-refractivity contribution < 1.29 is 19.4 Å². The number of nitrogens with one attached hydrogen (secondary N) is 2. The quantitative estimate of drug-likeness (QED) is 0.429. The molecule has 0 aliphatic carbocycles. The third-order valence-corrected chi connectivity index (χ3v) is 7.07. The lowest BCUT2D eigenvalue weighted by atomic mass is 10.0. The summed E-state index contributed by atoms with van der Waals surface area (Å²) in [6, 6.07) is 13.8. The maximum atomic E-state index is 13.2. The van der Waals surface area contributed by atoms with Crippen molar-refractivity contribution in [2.45, 2.75) is 30.8 Å². The SMILES string of the molecule is CCn1ncc(CC(=O)NC(C(=O)Nc2ccc(S(C)(C)C)cc2)c2ccc(OC)cc2)c1O. The number of anilines is 1. The summed E-state index contributed by atoms with van der Waals surface area (Å²) in [6.07, 6.45) is 7.97. The fraction of sp³-hybridized carbons (Fsp3) is 0.320. The molecule has 1 atom stereocenters. The van der Waals surface area contributed by atoms with Gasteiger partial charge in [0.25, 0.3) is 5.91 Å². The highest BCUT2D eigenvalue weighted by molar-refractivity contribution is 8.32. The number of hydrogen-bond donors (Lipinski definition) is 3. The molecule has 3 aromatic rings. The van der Waals surface area contributed by atoms with Crippen LogP contribution in [0.4, 0.5) is 5.69 Å². The number of carbonyl (C=O) groups excluding carboxylic acids is 2. The molecule has 3 rings (SSSR count). The number of benzene rings is 2.